The minimum atomic E-state index is 0.270. The average Bonchev–Trinajstić information content (AvgIpc) is 3.56. The minimum absolute atomic E-state index is 0.270. The van der Waals surface area contributed by atoms with Crippen LogP contribution in [0.2, 0.25) is 0 Å². The van der Waals surface area contributed by atoms with Crippen LogP contribution < -0.4 is 0 Å². The molecule has 158 valence electrons. The van der Waals surface area contributed by atoms with E-state index in [-0.39, 0.29) is 5.60 Å². The first-order chi connectivity index (χ1) is 13.4. The molecule has 0 amide bonds. The topological polar surface area (TPSA) is 34.3 Å². The normalized spacial score (nSPS) is 41.5. The van der Waals surface area contributed by atoms with E-state index in [4.69, 9.17) is 14.2 Å². The van der Waals surface area contributed by atoms with E-state index in [1.807, 2.05) is 0 Å². The first-order valence-corrected chi connectivity index (χ1v) is 11.2. The Morgan fingerprint density at radius 2 is 1.93 bits per heavy atom. The Bertz CT molecular complexity index is 552. The van der Waals surface area contributed by atoms with Crippen LogP contribution in [0.5, 0.6) is 0 Å². The molecule has 7 unspecified atom stereocenters. The molecule has 2 aliphatic heterocycles. The molecule has 7 atom stereocenters. The van der Waals surface area contributed by atoms with E-state index in [9.17, 15) is 0 Å². The minimum Gasteiger partial charge on any atom is -0.375 e. The van der Waals surface area contributed by atoms with Crippen molar-refractivity contribution in [3.63, 3.8) is 0 Å². The van der Waals surface area contributed by atoms with Crippen molar-refractivity contribution in [3.05, 3.63) is 37.5 Å². The van der Waals surface area contributed by atoms with Crippen molar-refractivity contribution in [3.8, 4) is 0 Å². The van der Waals surface area contributed by atoms with Crippen LogP contribution in [-0.2, 0) is 14.2 Å². The summed E-state index contributed by atoms with van der Waals surface area (Å²) in [5, 5.41) is 0. The third-order valence-corrected chi connectivity index (χ3v) is 7.08. The second-order valence-corrected chi connectivity index (χ2v) is 9.58. The summed E-state index contributed by atoms with van der Waals surface area (Å²) in [7, 11) is 0. The van der Waals surface area contributed by atoms with Gasteiger partial charge in [0.25, 0.3) is 0 Å². The molecule has 3 heteroatoms. The van der Waals surface area contributed by atoms with E-state index in [1.165, 1.54) is 50.5 Å². The van der Waals surface area contributed by atoms with Gasteiger partial charge < -0.3 is 14.2 Å². The number of fused-ring (bicyclic) bond motifs is 2. The van der Waals surface area contributed by atoms with Crippen LogP contribution in [0, 0.1) is 23.7 Å². The molecule has 0 aromatic heterocycles. The Kier molecular flexibility index (Phi) is 7.58. The van der Waals surface area contributed by atoms with Gasteiger partial charge in [0, 0.05) is 0 Å². The molecule has 2 saturated heterocycles. The molecule has 5 fully saturated rings. The molecule has 0 N–H and O–H groups in total. The van der Waals surface area contributed by atoms with Crippen LogP contribution in [-0.4, -0.2) is 37.6 Å². The van der Waals surface area contributed by atoms with Gasteiger partial charge in [-0.3, -0.25) is 0 Å². The fourth-order valence-corrected chi connectivity index (χ4v) is 4.64. The van der Waals surface area contributed by atoms with E-state index in [0.29, 0.717) is 18.8 Å². The Hall–Kier alpha value is -0.900. The van der Waals surface area contributed by atoms with Gasteiger partial charge in [-0.15, -0.1) is 13.2 Å². The third-order valence-electron chi connectivity index (χ3n) is 7.08. The average molecular weight is 389 g/mol. The second kappa shape index (κ2) is 9.73. The number of hydrogen-bond donors (Lipinski definition) is 0. The summed E-state index contributed by atoms with van der Waals surface area (Å²) in [5.74, 6) is 3.85. The molecular formula is C25H40O3. The Morgan fingerprint density at radius 1 is 1.14 bits per heavy atom. The molecule has 0 aromatic carbocycles. The first-order valence-electron chi connectivity index (χ1n) is 11.2. The number of allylic oxidation sites excluding steroid dienone is 2. The second-order valence-electron chi connectivity index (χ2n) is 9.58. The summed E-state index contributed by atoms with van der Waals surface area (Å²) >= 11 is 0. The lowest BCUT2D eigenvalue weighted by atomic mass is 9.80. The molecule has 2 heterocycles. The molecule has 3 nitrogen and oxygen atoms in total. The lowest BCUT2D eigenvalue weighted by Crippen LogP contribution is -2.21. The molecule has 5 aliphatic rings. The molecule has 5 rings (SSSR count). The summed E-state index contributed by atoms with van der Waals surface area (Å²) < 4.78 is 15.6. The van der Waals surface area contributed by atoms with Crippen molar-refractivity contribution in [1.29, 1.82) is 0 Å². The monoisotopic (exact) mass is 388 g/mol. The third kappa shape index (κ3) is 6.57. The SMILES string of the molecule is C=C(C)C1CCC2(C)OC2C1.C=CC1CCC2CC2C1.C=CCOCC1CO1. The van der Waals surface area contributed by atoms with Crippen LogP contribution in [0.15, 0.2) is 37.5 Å². The van der Waals surface area contributed by atoms with E-state index in [0.717, 1.165) is 36.9 Å². The lowest BCUT2D eigenvalue weighted by Gasteiger charge is -2.22. The highest BCUT2D eigenvalue weighted by Crippen LogP contribution is 2.51. The van der Waals surface area contributed by atoms with Crippen LogP contribution in [0.3, 0.4) is 0 Å². The highest BCUT2D eigenvalue weighted by atomic mass is 16.6. The van der Waals surface area contributed by atoms with Crippen molar-refractivity contribution >= 4 is 0 Å². The fraction of sp³-hybridized carbons (Fsp3) is 0.760. The van der Waals surface area contributed by atoms with Gasteiger partial charge >= 0.3 is 0 Å². The summed E-state index contributed by atoms with van der Waals surface area (Å²) in [5.41, 5.74) is 1.61. The van der Waals surface area contributed by atoms with Crippen molar-refractivity contribution in [2.24, 2.45) is 23.7 Å². The van der Waals surface area contributed by atoms with Gasteiger partial charge in [-0.05, 0) is 82.5 Å². The molecule has 0 aromatic rings. The number of rotatable bonds is 6. The van der Waals surface area contributed by atoms with Gasteiger partial charge in [-0.2, -0.15) is 0 Å². The summed E-state index contributed by atoms with van der Waals surface area (Å²) in [4.78, 5) is 0. The standard InChI is InChI=1S/C10H16O.C9H14.C6H10O2/c1-7(2)8-4-5-10(3)9(6-8)11-10;1-2-7-3-4-8-6-9(8)5-7;1-2-3-7-4-6-5-8-6/h8-9H,1,4-6H2,2-3H3;2,7-9H,1,3-6H2;2,6H,1,3-5H2. The van der Waals surface area contributed by atoms with Gasteiger partial charge in [0.05, 0.1) is 31.5 Å². The zero-order chi connectivity index (χ0) is 20.1. The highest BCUT2D eigenvalue weighted by molar-refractivity contribution is 5.10. The zero-order valence-corrected chi connectivity index (χ0v) is 18.0. The molecule has 0 spiro atoms. The molecule has 28 heavy (non-hydrogen) atoms. The quantitative estimate of drug-likeness (QED) is 0.332. The van der Waals surface area contributed by atoms with Crippen molar-refractivity contribution in [2.45, 2.75) is 76.6 Å². The van der Waals surface area contributed by atoms with Crippen molar-refractivity contribution in [2.75, 3.05) is 19.8 Å². The van der Waals surface area contributed by atoms with Crippen molar-refractivity contribution < 1.29 is 14.2 Å². The summed E-state index contributed by atoms with van der Waals surface area (Å²) in [6.45, 7) is 18.0. The summed E-state index contributed by atoms with van der Waals surface area (Å²) in [6, 6.07) is 0. The number of hydrogen-bond acceptors (Lipinski definition) is 3. The van der Waals surface area contributed by atoms with Crippen molar-refractivity contribution in [1.82, 2.24) is 0 Å². The predicted molar refractivity (Wildman–Crippen MR) is 115 cm³/mol. The van der Waals surface area contributed by atoms with E-state index in [1.54, 1.807) is 6.08 Å². The Balaban J connectivity index is 0.000000122. The zero-order valence-electron chi connectivity index (χ0n) is 18.0. The predicted octanol–water partition coefficient (Wildman–Crippen LogP) is 5.72. The van der Waals surface area contributed by atoms with Gasteiger partial charge in [0.1, 0.15) is 6.10 Å². The van der Waals surface area contributed by atoms with E-state index in [2.05, 4.69) is 39.7 Å². The molecule has 0 bridgehead atoms. The largest absolute Gasteiger partial charge is 0.375 e. The molecule has 3 aliphatic carbocycles. The van der Waals surface area contributed by atoms with Crippen LogP contribution in [0.1, 0.15) is 58.8 Å². The Morgan fingerprint density at radius 3 is 2.50 bits per heavy atom. The molecule has 0 radical (unpaired) electrons. The maximum atomic E-state index is 5.60. The van der Waals surface area contributed by atoms with E-state index >= 15 is 0 Å². The lowest BCUT2D eigenvalue weighted by molar-refractivity contribution is 0.141. The van der Waals surface area contributed by atoms with E-state index < -0.39 is 0 Å². The smallest absolute Gasteiger partial charge is 0.104 e. The van der Waals surface area contributed by atoms with Gasteiger partial charge in [-0.25, -0.2) is 0 Å². The highest BCUT2D eigenvalue weighted by Gasteiger charge is 2.55. The molecule has 3 saturated carbocycles. The fourth-order valence-electron chi connectivity index (χ4n) is 4.64. The molecular weight excluding hydrogens is 348 g/mol. The summed E-state index contributed by atoms with van der Waals surface area (Å²) in [6.07, 6.45) is 14.4. The Labute approximate surface area is 172 Å². The van der Waals surface area contributed by atoms with Gasteiger partial charge in [0.15, 0.2) is 0 Å². The van der Waals surface area contributed by atoms with Gasteiger partial charge in [-0.1, -0.05) is 24.3 Å². The number of ether oxygens (including phenoxy) is 3. The maximum absolute atomic E-state index is 5.60. The van der Waals surface area contributed by atoms with Gasteiger partial charge in [0.2, 0.25) is 0 Å². The van der Waals surface area contributed by atoms with Crippen LogP contribution >= 0.6 is 0 Å². The first kappa shape index (κ1) is 21.8. The maximum Gasteiger partial charge on any atom is 0.104 e. The van der Waals surface area contributed by atoms with Crippen LogP contribution in [0.25, 0.3) is 0 Å². The van der Waals surface area contributed by atoms with Crippen LogP contribution in [0.4, 0.5) is 0 Å². The number of epoxide rings is 2.